The fraction of sp³-hybridized carbons (Fsp3) is 0.455. The molecule has 2 aromatic heterocycles. The highest BCUT2D eigenvalue weighted by molar-refractivity contribution is 14.1. The second-order valence-corrected chi connectivity index (χ2v) is 6.18. The molecule has 0 spiro atoms. The number of aliphatic hydroxyl groups is 2. The van der Waals surface area contributed by atoms with Crippen molar-refractivity contribution in [1.82, 2.24) is 14.5 Å². The fourth-order valence-electron chi connectivity index (χ4n) is 2.45. The smallest absolute Gasteiger partial charge is 0.262 e. The average Bonchev–Trinajstić information content (AvgIpc) is 2.89. The number of aromatic nitrogens is 3. The Bertz CT molecular complexity index is 761. The van der Waals surface area contributed by atoms with Gasteiger partial charge < -0.3 is 20.7 Å². The van der Waals surface area contributed by atoms with Crippen LogP contribution in [0.1, 0.15) is 12.6 Å². The minimum Gasteiger partial charge on any atom is -0.394 e. The molecule has 8 nitrogen and oxygen atoms in total. The predicted molar refractivity (Wildman–Crippen MR) is 84.1 cm³/mol. The molecule has 1 saturated heterocycles. The molecule has 0 unspecified atom stereocenters. The number of aromatic amines is 1. The Kier molecular flexibility index (Phi) is 3.86. The second kappa shape index (κ2) is 5.39. The summed E-state index contributed by atoms with van der Waals surface area (Å²) in [6.07, 6.45) is -1.89. The SMILES string of the molecule is Nc1nc2c(c(I)c(Cl)n2[C@H]2C[C@H](O)[C@@H](CO)O2)c(=O)[nH]1. The van der Waals surface area contributed by atoms with Crippen molar-refractivity contribution in [2.45, 2.75) is 24.9 Å². The van der Waals surface area contributed by atoms with Crippen molar-refractivity contribution in [3.8, 4) is 0 Å². The van der Waals surface area contributed by atoms with Crippen LogP contribution < -0.4 is 11.3 Å². The number of H-pyrrole nitrogens is 1. The van der Waals surface area contributed by atoms with E-state index in [9.17, 15) is 9.90 Å². The highest BCUT2D eigenvalue weighted by Crippen LogP contribution is 2.37. The second-order valence-electron chi connectivity index (χ2n) is 4.74. The average molecular weight is 427 g/mol. The Morgan fingerprint density at radius 1 is 1.62 bits per heavy atom. The van der Waals surface area contributed by atoms with Crippen LogP contribution in [0.3, 0.4) is 0 Å². The molecule has 0 amide bonds. The minimum atomic E-state index is -0.814. The topological polar surface area (TPSA) is 126 Å². The summed E-state index contributed by atoms with van der Waals surface area (Å²) in [7, 11) is 0. The minimum absolute atomic E-state index is 0.0310. The Morgan fingerprint density at radius 2 is 2.33 bits per heavy atom. The molecule has 114 valence electrons. The zero-order valence-corrected chi connectivity index (χ0v) is 13.5. The van der Waals surface area contributed by atoms with E-state index in [1.807, 2.05) is 22.6 Å². The van der Waals surface area contributed by atoms with Crippen LogP contribution in [0.5, 0.6) is 0 Å². The first-order valence-corrected chi connectivity index (χ1v) is 7.58. The molecule has 0 saturated carbocycles. The summed E-state index contributed by atoms with van der Waals surface area (Å²) in [6, 6.07) is 0. The van der Waals surface area contributed by atoms with Gasteiger partial charge in [-0.1, -0.05) is 11.6 Å². The standard InChI is InChI=1S/C11H12ClIN4O4/c12-8-7(13)6-9(15-11(14)16-10(6)20)17(8)5-1-3(19)4(2-18)21-5/h3-5,18-19H,1-2H2,(H3,14,15,16,20)/t3-,4+,5+/m0/s1. The van der Waals surface area contributed by atoms with Gasteiger partial charge in [0, 0.05) is 6.42 Å². The lowest BCUT2D eigenvalue weighted by molar-refractivity contribution is -0.0429. The Labute approximate surface area is 137 Å². The van der Waals surface area contributed by atoms with Crippen molar-refractivity contribution in [3.05, 3.63) is 19.1 Å². The van der Waals surface area contributed by atoms with E-state index in [2.05, 4.69) is 9.97 Å². The molecule has 1 aliphatic rings. The summed E-state index contributed by atoms with van der Waals surface area (Å²) in [5, 5.41) is 19.6. The number of nitrogens with one attached hydrogen (secondary N) is 1. The van der Waals surface area contributed by atoms with Gasteiger partial charge in [0.05, 0.1) is 21.7 Å². The predicted octanol–water partition coefficient (Wildman–Crippen LogP) is 0.205. The van der Waals surface area contributed by atoms with Gasteiger partial charge in [0.2, 0.25) is 5.95 Å². The van der Waals surface area contributed by atoms with E-state index in [1.165, 1.54) is 4.57 Å². The number of rotatable bonds is 2. The van der Waals surface area contributed by atoms with Crippen LogP contribution in [-0.2, 0) is 4.74 Å². The van der Waals surface area contributed by atoms with Crippen molar-refractivity contribution < 1.29 is 14.9 Å². The van der Waals surface area contributed by atoms with Gasteiger partial charge in [0.15, 0.2) is 5.65 Å². The molecule has 21 heavy (non-hydrogen) atoms. The van der Waals surface area contributed by atoms with Crippen LogP contribution in [0.2, 0.25) is 5.15 Å². The summed E-state index contributed by atoms with van der Waals surface area (Å²) in [5.41, 5.74) is 5.48. The number of nitrogens with zero attached hydrogens (tertiary/aromatic N) is 2. The lowest BCUT2D eigenvalue weighted by Crippen LogP contribution is -2.24. The van der Waals surface area contributed by atoms with Gasteiger partial charge in [-0.2, -0.15) is 4.98 Å². The maximum atomic E-state index is 12.0. The Morgan fingerprint density at radius 3 is 2.95 bits per heavy atom. The summed E-state index contributed by atoms with van der Waals surface area (Å²) in [5.74, 6) is -0.0310. The zero-order valence-electron chi connectivity index (χ0n) is 10.6. The maximum absolute atomic E-state index is 12.0. The number of nitrogens with two attached hydrogens (primary N) is 1. The molecule has 1 fully saturated rings. The number of halogens is 2. The van der Waals surface area contributed by atoms with Gasteiger partial charge >= 0.3 is 0 Å². The number of anilines is 1. The summed E-state index contributed by atoms with van der Waals surface area (Å²) < 4.78 is 7.62. The van der Waals surface area contributed by atoms with Crippen molar-refractivity contribution >= 4 is 51.2 Å². The highest BCUT2D eigenvalue weighted by Gasteiger charge is 2.37. The zero-order chi connectivity index (χ0) is 15.3. The van der Waals surface area contributed by atoms with E-state index in [0.29, 0.717) is 14.6 Å². The number of hydrogen-bond acceptors (Lipinski definition) is 6. The molecule has 3 atom stereocenters. The van der Waals surface area contributed by atoms with Crippen molar-refractivity contribution in [1.29, 1.82) is 0 Å². The van der Waals surface area contributed by atoms with Crippen molar-refractivity contribution in [2.75, 3.05) is 12.3 Å². The third-order valence-corrected chi connectivity index (χ3v) is 5.17. The molecule has 5 N–H and O–H groups in total. The van der Waals surface area contributed by atoms with E-state index in [1.54, 1.807) is 0 Å². The summed E-state index contributed by atoms with van der Waals surface area (Å²) >= 11 is 8.22. The van der Waals surface area contributed by atoms with Gasteiger partial charge in [0.1, 0.15) is 17.5 Å². The lowest BCUT2D eigenvalue weighted by Gasteiger charge is -2.15. The van der Waals surface area contributed by atoms with Gasteiger partial charge in [-0.05, 0) is 22.6 Å². The lowest BCUT2D eigenvalue weighted by atomic mass is 10.2. The van der Waals surface area contributed by atoms with Gasteiger partial charge in [-0.3, -0.25) is 14.3 Å². The van der Waals surface area contributed by atoms with Crippen LogP contribution in [0.4, 0.5) is 5.95 Å². The van der Waals surface area contributed by atoms with E-state index in [-0.39, 0.29) is 29.7 Å². The first kappa shape index (κ1) is 15.0. The first-order valence-electron chi connectivity index (χ1n) is 6.13. The molecular formula is C11H12ClIN4O4. The van der Waals surface area contributed by atoms with Crippen molar-refractivity contribution in [2.24, 2.45) is 0 Å². The summed E-state index contributed by atoms with van der Waals surface area (Å²) in [4.78, 5) is 18.5. The Balaban J connectivity index is 2.20. The van der Waals surface area contributed by atoms with E-state index >= 15 is 0 Å². The van der Waals surface area contributed by atoms with Crippen molar-refractivity contribution in [3.63, 3.8) is 0 Å². The van der Waals surface area contributed by atoms with Gasteiger partial charge in [0.25, 0.3) is 5.56 Å². The quantitative estimate of drug-likeness (QED) is 0.509. The number of nitrogen functional groups attached to an aromatic ring is 1. The molecule has 0 radical (unpaired) electrons. The largest absolute Gasteiger partial charge is 0.394 e. The fourth-order valence-corrected chi connectivity index (χ4v) is 3.48. The van der Waals surface area contributed by atoms with E-state index < -0.39 is 18.4 Å². The molecule has 10 heteroatoms. The van der Waals surface area contributed by atoms with Crippen LogP contribution >= 0.6 is 34.2 Å². The third kappa shape index (κ3) is 2.32. The highest BCUT2D eigenvalue weighted by atomic mass is 127. The molecule has 2 aromatic rings. The Hall–Kier alpha value is -0.880. The van der Waals surface area contributed by atoms with Gasteiger partial charge in [-0.15, -0.1) is 0 Å². The van der Waals surface area contributed by atoms with Crippen LogP contribution in [-0.4, -0.2) is 43.6 Å². The number of fused-ring (bicyclic) bond motifs is 1. The molecule has 1 aliphatic heterocycles. The summed E-state index contributed by atoms with van der Waals surface area (Å²) in [6.45, 7) is -0.304. The van der Waals surface area contributed by atoms with Gasteiger partial charge in [-0.25, -0.2) is 0 Å². The third-order valence-electron chi connectivity index (χ3n) is 3.43. The molecule has 3 rings (SSSR count). The number of ether oxygens (including phenoxy) is 1. The van der Waals surface area contributed by atoms with E-state index in [4.69, 9.17) is 27.2 Å². The van der Waals surface area contributed by atoms with E-state index in [0.717, 1.165) is 0 Å². The molecule has 0 bridgehead atoms. The van der Waals surface area contributed by atoms with Crippen LogP contribution in [0.25, 0.3) is 11.0 Å². The molecular weight excluding hydrogens is 415 g/mol. The molecule has 0 aromatic carbocycles. The van der Waals surface area contributed by atoms with Crippen LogP contribution in [0.15, 0.2) is 4.79 Å². The molecule has 0 aliphatic carbocycles. The maximum Gasteiger partial charge on any atom is 0.262 e. The first-order chi connectivity index (χ1) is 9.93. The number of hydrogen-bond donors (Lipinski definition) is 4. The van der Waals surface area contributed by atoms with Crippen LogP contribution in [0, 0.1) is 3.57 Å². The molecule has 3 heterocycles. The monoisotopic (exact) mass is 426 g/mol. The normalized spacial score (nSPS) is 25.8. The number of aliphatic hydroxyl groups excluding tert-OH is 2.